The zero-order valence-corrected chi connectivity index (χ0v) is 11.2. The van der Waals surface area contributed by atoms with E-state index in [2.05, 4.69) is 5.32 Å². The molecule has 1 fully saturated rings. The number of anilines is 1. The fourth-order valence-electron chi connectivity index (χ4n) is 1.86. The third-order valence-corrected chi connectivity index (χ3v) is 4.04. The zero-order chi connectivity index (χ0) is 14.1. The van der Waals surface area contributed by atoms with Crippen LogP contribution in [0.5, 0.6) is 0 Å². The lowest BCUT2D eigenvalue weighted by atomic mass is 10.1. The van der Waals surface area contributed by atoms with Crippen molar-refractivity contribution in [2.24, 2.45) is 16.3 Å². The molecule has 0 bridgehead atoms. The Kier molecular flexibility index (Phi) is 3.62. The van der Waals surface area contributed by atoms with E-state index in [1.807, 2.05) is 0 Å². The number of hydrogen-bond donors (Lipinski definition) is 3. The Bertz CT molecular complexity index is 577. The van der Waals surface area contributed by atoms with Gasteiger partial charge in [0.05, 0.1) is 11.2 Å². The van der Waals surface area contributed by atoms with Crippen LogP contribution in [0.4, 0.5) is 5.69 Å². The van der Waals surface area contributed by atoms with Crippen molar-refractivity contribution in [2.45, 2.75) is 18.6 Å². The number of rotatable bonds is 5. The van der Waals surface area contributed by atoms with E-state index in [1.54, 1.807) is 24.3 Å². The van der Waals surface area contributed by atoms with Crippen molar-refractivity contribution in [3.8, 4) is 0 Å². The Morgan fingerprint density at radius 2 is 1.84 bits per heavy atom. The summed E-state index contributed by atoms with van der Waals surface area (Å²) in [5.74, 6) is -0.289. The summed E-state index contributed by atoms with van der Waals surface area (Å²) in [4.78, 5) is 11.9. The van der Waals surface area contributed by atoms with Crippen molar-refractivity contribution in [1.29, 1.82) is 0 Å². The van der Waals surface area contributed by atoms with E-state index in [9.17, 15) is 13.2 Å². The molecule has 0 spiro atoms. The molecule has 1 aliphatic rings. The predicted molar refractivity (Wildman–Crippen MR) is 72.6 cm³/mol. The number of nitrogens with two attached hydrogens (primary N) is 2. The van der Waals surface area contributed by atoms with Gasteiger partial charge in [-0.3, -0.25) is 4.79 Å². The normalized spacial score (nSPS) is 16.9. The summed E-state index contributed by atoms with van der Waals surface area (Å²) in [6, 6.07) is 6.57. The topological polar surface area (TPSA) is 115 Å². The fourth-order valence-corrected chi connectivity index (χ4v) is 2.51. The summed E-state index contributed by atoms with van der Waals surface area (Å²) in [5, 5.41) is 7.74. The Balaban J connectivity index is 2.01. The highest BCUT2D eigenvalue weighted by atomic mass is 32.2. The lowest BCUT2D eigenvalue weighted by molar-refractivity contribution is -0.120. The van der Waals surface area contributed by atoms with Crippen LogP contribution in [0.15, 0.2) is 24.3 Å². The molecule has 1 amide bonds. The average molecular weight is 283 g/mol. The first kappa shape index (κ1) is 14.0. The molecular formula is C12H17N3O3S. The number of amides is 1. The Morgan fingerprint density at radius 3 is 2.26 bits per heavy atom. The van der Waals surface area contributed by atoms with Crippen LogP contribution >= 0.6 is 0 Å². The number of primary sulfonamides is 1. The van der Waals surface area contributed by atoms with Crippen LogP contribution in [-0.2, 0) is 20.6 Å². The standard InChI is InChI=1S/C12H17N3O3S/c13-8-12(5-6-12)11(16)15-10-3-1-9(2-4-10)7-19(14,17)18/h1-4H,5-8,13H2,(H,15,16)(H2,14,17,18). The first-order valence-electron chi connectivity index (χ1n) is 5.96. The van der Waals surface area contributed by atoms with Crippen molar-refractivity contribution < 1.29 is 13.2 Å². The van der Waals surface area contributed by atoms with Gasteiger partial charge in [-0.05, 0) is 30.5 Å². The lowest BCUT2D eigenvalue weighted by Crippen LogP contribution is -2.30. The molecule has 7 heteroatoms. The molecule has 1 aromatic carbocycles. The molecule has 2 rings (SSSR count). The molecular weight excluding hydrogens is 266 g/mol. The van der Waals surface area contributed by atoms with Gasteiger partial charge in [0.2, 0.25) is 15.9 Å². The van der Waals surface area contributed by atoms with E-state index in [0.717, 1.165) is 12.8 Å². The van der Waals surface area contributed by atoms with Crippen LogP contribution in [0.3, 0.4) is 0 Å². The molecule has 1 aliphatic carbocycles. The third-order valence-electron chi connectivity index (χ3n) is 3.31. The first-order valence-corrected chi connectivity index (χ1v) is 7.67. The number of nitrogens with one attached hydrogen (secondary N) is 1. The molecule has 0 aliphatic heterocycles. The fraction of sp³-hybridized carbons (Fsp3) is 0.417. The van der Waals surface area contributed by atoms with Crippen molar-refractivity contribution >= 4 is 21.6 Å². The molecule has 19 heavy (non-hydrogen) atoms. The van der Waals surface area contributed by atoms with Gasteiger partial charge in [0, 0.05) is 12.2 Å². The van der Waals surface area contributed by atoms with Gasteiger partial charge in [-0.25, -0.2) is 13.6 Å². The number of carbonyl (C=O) groups excluding carboxylic acids is 1. The number of benzene rings is 1. The van der Waals surface area contributed by atoms with Gasteiger partial charge >= 0.3 is 0 Å². The highest BCUT2D eigenvalue weighted by molar-refractivity contribution is 7.88. The van der Waals surface area contributed by atoms with Crippen LogP contribution in [0.2, 0.25) is 0 Å². The molecule has 0 heterocycles. The predicted octanol–water partition coefficient (Wildman–Crippen LogP) is 0.152. The molecule has 0 aromatic heterocycles. The van der Waals surface area contributed by atoms with Gasteiger partial charge in [0.15, 0.2) is 0 Å². The third kappa shape index (κ3) is 3.52. The monoisotopic (exact) mass is 283 g/mol. The molecule has 0 saturated heterocycles. The van der Waals surface area contributed by atoms with Crippen molar-refractivity contribution in [2.75, 3.05) is 11.9 Å². The first-order chi connectivity index (χ1) is 8.85. The van der Waals surface area contributed by atoms with Crippen molar-refractivity contribution in [1.82, 2.24) is 0 Å². The summed E-state index contributed by atoms with van der Waals surface area (Å²) < 4.78 is 21.9. The zero-order valence-electron chi connectivity index (χ0n) is 10.4. The van der Waals surface area contributed by atoms with Crippen LogP contribution in [-0.4, -0.2) is 20.9 Å². The van der Waals surface area contributed by atoms with Gasteiger partial charge in [-0.2, -0.15) is 0 Å². The van der Waals surface area contributed by atoms with Gasteiger partial charge in [-0.15, -0.1) is 0 Å². The molecule has 104 valence electrons. The second-order valence-electron chi connectivity index (χ2n) is 4.94. The summed E-state index contributed by atoms with van der Waals surface area (Å²) in [5.41, 5.74) is 6.38. The van der Waals surface area contributed by atoms with Crippen LogP contribution in [0.25, 0.3) is 0 Å². The van der Waals surface area contributed by atoms with Crippen LogP contribution < -0.4 is 16.2 Å². The molecule has 0 radical (unpaired) electrons. The van der Waals surface area contributed by atoms with E-state index < -0.39 is 15.4 Å². The van der Waals surface area contributed by atoms with E-state index >= 15 is 0 Å². The quantitative estimate of drug-likeness (QED) is 0.713. The maximum atomic E-state index is 11.9. The van der Waals surface area contributed by atoms with Gasteiger partial charge in [-0.1, -0.05) is 12.1 Å². The van der Waals surface area contributed by atoms with E-state index in [4.69, 9.17) is 10.9 Å². The maximum absolute atomic E-state index is 11.9. The van der Waals surface area contributed by atoms with E-state index in [1.165, 1.54) is 0 Å². The van der Waals surface area contributed by atoms with E-state index in [0.29, 0.717) is 17.8 Å². The summed E-state index contributed by atoms with van der Waals surface area (Å²) in [6.07, 6.45) is 1.64. The number of sulfonamides is 1. The molecule has 1 saturated carbocycles. The molecule has 1 aromatic rings. The number of hydrogen-bond acceptors (Lipinski definition) is 4. The molecule has 5 N–H and O–H groups in total. The minimum atomic E-state index is -3.53. The van der Waals surface area contributed by atoms with Crippen LogP contribution in [0, 0.1) is 5.41 Å². The minimum absolute atomic E-state index is 0.0748. The highest BCUT2D eigenvalue weighted by Gasteiger charge is 2.48. The molecule has 6 nitrogen and oxygen atoms in total. The Morgan fingerprint density at radius 1 is 1.26 bits per heavy atom. The van der Waals surface area contributed by atoms with Gasteiger partial charge in [0.1, 0.15) is 0 Å². The maximum Gasteiger partial charge on any atom is 0.231 e. The Labute approximate surface area is 112 Å². The van der Waals surface area contributed by atoms with Gasteiger partial charge < -0.3 is 11.1 Å². The average Bonchev–Trinajstić information content (AvgIpc) is 3.10. The summed E-state index contributed by atoms with van der Waals surface area (Å²) >= 11 is 0. The SMILES string of the molecule is NCC1(C(=O)Nc2ccc(CS(N)(=O)=O)cc2)CC1. The lowest BCUT2D eigenvalue weighted by Gasteiger charge is -2.13. The minimum Gasteiger partial charge on any atom is -0.329 e. The largest absolute Gasteiger partial charge is 0.329 e. The second kappa shape index (κ2) is 4.92. The summed E-state index contributed by atoms with van der Waals surface area (Å²) in [7, 11) is -3.53. The molecule has 0 unspecified atom stereocenters. The van der Waals surface area contributed by atoms with Crippen molar-refractivity contribution in [3.05, 3.63) is 29.8 Å². The molecule has 0 atom stereocenters. The summed E-state index contributed by atoms with van der Waals surface area (Å²) in [6.45, 7) is 0.350. The highest BCUT2D eigenvalue weighted by Crippen LogP contribution is 2.45. The number of carbonyl (C=O) groups is 1. The van der Waals surface area contributed by atoms with Crippen LogP contribution in [0.1, 0.15) is 18.4 Å². The smallest absolute Gasteiger partial charge is 0.231 e. The van der Waals surface area contributed by atoms with Crippen molar-refractivity contribution in [3.63, 3.8) is 0 Å². The van der Waals surface area contributed by atoms with E-state index in [-0.39, 0.29) is 11.7 Å². The second-order valence-corrected chi connectivity index (χ2v) is 6.56. The Hall–Kier alpha value is -1.44. The van der Waals surface area contributed by atoms with Gasteiger partial charge in [0.25, 0.3) is 0 Å².